The second kappa shape index (κ2) is 8.85. The lowest BCUT2D eigenvalue weighted by Crippen LogP contribution is -2.36. The van der Waals surface area contributed by atoms with Crippen LogP contribution in [-0.4, -0.2) is 44.2 Å². The van der Waals surface area contributed by atoms with Crippen molar-refractivity contribution >= 4 is 60.9 Å². The van der Waals surface area contributed by atoms with E-state index in [0.29, 0.717) is 24.5 Å². The summed E-state index contributed by atoms with van der Waals surface area (Å²) in [7, 11) is 1.77. The van der Waals surface area contributed by atoms with Crippen LogP contribution in [0.1, 0.15) is 10.5 Å². The lowest BCUT2D eigenvalue weighted by molar-refractivity contribution is 0.0996. The molecule has 0 atom stereocenters. The number of nitrogens with zero attached hydrogens (tertiary/aromatic N) is 2. The number of primary amides is 1. The minimum Gasteiger partial charge on any atom is -0.459 e. The third-order valence-corrected chi connectivity index (χ3v) is 7.48. The number of aromatic nitrogens is 1. The first kappa shape index (κ1) is 21.4. The molecule has 4 aromatic heterocycles. The number of amides is 1. The molecule has 5 rings (SSSR count). The van der Waals surface area contributed by atoms with Crippen LogP contribution in [-0.2, 0) is 4.74 Å². The molecular formula is C22H21N5O4S2. The SMILES string of the molecule is CNc1cnc(C(N)=O)c(Nc2ccsc2-c2coc3c(=O)cc(N4CCOCC4)sc23)c1. The first-order chi connectivity index (χ1) is 16.0. The van der Waals surface area contributed by atoms with Gasteiger partial charge >= 0.3 is 0 Å². The number of furan rings is 1. The van der Waals surface area contributed by atoms with E-state index in [0.717, 1.165) is 44.6 Å². The second-order valence-corrected chi connectivity index (χ2v) is 9.33. The summed E-state index contributed by atoms with van der Waals surface area (Å²) in [6.07, 6.45) is 3.16. The summed E-state index contributed by atoms with van der Waals surface area (Å²) in [4.78, 5) is 31.9. The molecule has 33 heavy (non-hydrogen) atoms. The van der Waals surface area contributed by atoms with Gasteiger partial charge in [0.05, 0.1) is 56.6 Å². The van der Waals surface area contributed by atoms with Gasteiger partial charge in [-0.3, -0.25) is 9.59 Å². The van der Waals surface area contributed by atoms with E-state index in [1.54, 1.807) is 31.6 Å². The first-order valence-electron chi connectivity index (χ1n) is 10.3. The Hall–Kier alpha value is -3.41. The molecule has 0 radical (unpaired) electrons. The van der Waals surface area contributed by atoms with Gasteiger partial charge in [0.15, 0.2) is 11.3 Å². The zero-order chi connectivity index (χ0) is 22.9. The molecule has 0 saturated carbocycles. The van der Waals surface area contributed by atoms with Crippen molar-refractivity contribution in [1.82, 2.24) is 4.98 Å². The Labute approximate surface area is 196 Å². The molecule has 9 nitrogen and oxygen atoms in total. The molecular weight excluding hydrogens is 462 g/mol. The number of carbonyl (C=O) groups is 1. The van der Waals surface area contributed by atoms with E-state index in [1.165, 1.54) is 22.7 Å². The number of fused-ring (bicyclic) bond motifs is 1. The van der Waals surface area contributed by atoms with Gasteiger partial charge in [0.2, 0.25) is 5.43 Å². The maximum atomic E-state index is 12.8. The summed E-state index contributed by atoms with van der Waals surface area (Å²) in [5.41, 5.74) is 8.66. The van der Waals surface area contributed by atoms with Crippen molar-refractivity contribution in [2.24, 2.45) is 5.73 Å². The normalized spacial score (nSPS) is 13.9. The predicted octanol–water partition coefficient (Wildman–Crippen LogP) is 3.70. The maximum Gasteiger partial charge on any atom is 0.269 e. The van der Waals surface area contributed by atoms with Crippen molar-refractivity contribution < 1.29 is 13.9 Å². The average Bonchev–Trinajstić information content (AvgIpc) is 3.46. The van der Waals surface area contributed by atoms with E-state index >= 15 is 0 Å². The van der Waals surface area contributed by atoms with Gasteiger partial charge in [0.1, 0.15) is 6.26 Å². The molecule has 170 valence electrons. The number of pyridine rings is 1. The molecule has 0 spiro atoms. The second-order valence-electron chi connectivity index (χ2n) is 7.38. The highest BCUT2D eigenvalue weighted by molar-refractivity contribution is 7.23. The Bertz CT molecular complexity index is 1390. The van der Waals surface area contributed by atoms with Gasteiger partial charge in [-0.05, 0) is 17.5 Å². The van der Waals surface area contributed by atoms with E-state index in [1.807, 2.05) is 11.4 Å². The number of ether oxygens (including phenoxy) is 1. The Morgan fingerprint density at radius 1 is 1.24 bits per heavy atom. The van der Waals surface area contributed by atoms with E-state index in [-0.39, 0.29) is 11.1 Å². The third-order valence-electron chi connectivity index (χ3n) is 5.34. The molecule has 1 fully saturated rings. The number of nitrogens with one attached hydrogen (secondary N) is 2. The number of anilines is 4. The monoisotopic (exact) mass is 483 g/mol. The van der Waals surface area contributed by atoms with Gasteiger partial charge in [-0.15, -0.1) is 22.7 Å². The highest BCUT2D eigenvalue weighted by atomic mass is 32.1. The van der Waals surface area contributed by atoms with Gasteiger partial charge in [0.25, 0.3) is 5.91 Å². The fraction of sp³-hybridized carbons (Fsp3) is 0.227. The van der Waals surface area contributed by atoms with Crippen LogP contribution in [0.5, 0.6) is 0 Å². The van der Waals surface area contributed by atoms with Gasteiger partial charge in [0, 0.05) is 26.2 Å². The highest BCUT2D eigenvalue weighted by Gasteiger charge is 2.21. The van der Waals surface area contributed by atoms with Crippen LogP contribution in [0.4, 0.5) is 22.1 Å². The molecule has 0 aliphatic carbocycles. The molecule has 1 aliphatic rings. The van der Waals surface area contributed by atoms with Crippen molar-refractivity contribution in [2.45, 2.75) is 0 Å². The van der Waals surface area contributed by atoms with Gasteiger partial charge in [-0.2, -0.15) is 0 Å². The molecule has 11 heteroatoms. The predicted molar refractivity (Wildman–Crippen MR) is 132 cm³/mol. The number of hydrogen-bond donors (Lipinski definition) is 3. The first-order valence-corrected chi connectivity index (χ1v) is 12.0. The van der Waals surface area contributed by atoms with Crippen LogP contribution in [0, 0.1) is 0 Å². The number of hydrogen-bond acceptors (Lipinski definition) is 10. The van der Waals surface area contributed by atoms with Crippen molar-refractivity contribution in [3.05, 3.63) is 52.0 Å². The number of thiophene rings is 1. The van der Waals surface area contributed by atoms with Crippen molar-refractivity contribution in [2.75, 3.05) is 48.9 Å². The van der Waals surface area contributed by atoms with Gasteiger partial charge in [-0.25, -0.2) is 4.98 Å². The molecule has 1 amide bonds. The molecule has 4 aromatic rings. The van der Waals surface area contributed by atoms with E-state index in [9.17, 15) is 9.59 Å². The van der Waals surface area contributed by atoms with Crippen LogP contribution < -0.4 is 26.7 Å². The number of nitrogens with two attached hydrogens (primary N) is 1. The van der Waals surface area contributed by atoms with Crippen molar-refractivity contribution in [3.63, 3.8) is 0 Å². The summed E-state index contributed by atoms with van der Waals surface area (Å²) in [6, 6.07) is 5.31. The summed E-state index contributed by atoms with van der Waals surface area (Å²) in [5.74, 6) is -0.626. The molecule has 1 saturated heterocycles. The van der Waals surface area contributed by atoms with Crippen LogP contribution >= 0.6 is 22.7 Å². The Morgan fingerprint density at radius 2 is 2.06 bits per heavy atom. The van der Waals surface area contributed by atoms with E-state index < -0.39 is 5.91 Å². The quantitative estimate of drug-likeness (QED) is 0.379. The molecule has 0 bridgehead atoms. The van der Waals surface area contributed by atoms with E-state index in [4.69, 9.17) is 14.9 Å². The smallest absolute Gasteiger partial charge is 0.269 e. The maximum absolute atomic E-state index is 12.8. The Kier molecular flexibility index (Phi) is 5.75. The van der Waals surface area contributed by atoms with Crippen LogP contribution in [0.15, 0.2) is 45.3 Å². The average molecular weight is 484 g/mol. The van der Waals surface area contributed by atoms with Gasteiger partial charge < -0.3 is 30.4 Å². The summed E-state index contributed by atoms with van der Waals surface area (Å²) < 4.78 is 11.9. The molecule has 1 aliphatic heterocycles. The Balaban J connectivity index is 1.57. The van der Waals surface area contributed by atoms with Crippen LogP contribution in [0.3, 0.4) is 0 Å². The highest BCUT2D eigenvalue weighted by Crippen LogP contribution is 2.42. The topological polar surface area (TPSA) is 123 Å². The summed E-state index contributed by atoms with van der Waals surface area (Å²) in [6.45, 7) is 2.76. The molecule has 0 aromatic carbocycles. The molecule has 5 heterocycles. The minimum atomic E-state index is -0.626. The minimum absolute atomic E-state index is 0.141. The molecule has 0 unspecified atom stereocenters. The van der Waals surface area contributed by atoms with Crippen LogP contribution in [0.25, 0.3) is 20.7 Å². The standard InChI is InChI=1S/C22H21N5O4S2/c1-24-12-8-15(18(22(23)29)25-10-12)26-14-2-7-32-20(14)13-11-31-19-16(28)9-17(33-21(13)19)27-3-5-30-6-4-27/h2,7-11,24,26H,3-6H2,1H3,(H2,23,29). The summed E-state index contributed by atoms with van der Waals surface area (Å²) in [5, 5.41) is 9.13. The summed E-state index contributed by atoms with van der Waals surface area (Å²) >= 11 is 3.04. The van der Waals surface area contributed by atoms with Crippen molar-refractivity contribution in [3.8, 4) is 10.4 Å². The largest absolute Gasteiger partial charge is 0.459 e. The Morgan fingerprint density at radius 3 is 2.82 bits per heavy atom. The third kappa shape index (κ3) is 4.06. The lowest BCUT2D eigenvalue weighted by atomic mass is 10.2. The van der Waals surface area contributed by atoms with Crippen LogP contribution in [0.2, 0.25) is 0 Å². The zero-order valence-electron chi connectivity index (χ0n) is 17.7. The number of rotatable bonds is 6. The zero-order valence-corrected chi connectivity index (χ0v) is 19.3. The molecule has 4 N–H and O–H groups in total. The fourth-order valence-corrected chi connectivity index (χ4v) is 5.80. The fourth-order valence-electron chi connectivity index (χ4n) is 3.68. The van der Waals surface area contributed by atoms with E-state index in [2.05, 4.69) is 20.5 Å². The number of morpholine rings is 1. The van der Waals surface area contributed by atoms with Gasteiger partial charge in [-0.1, -0.05) is 0 Å². The van der Waals surface area contributed by atoms with Crippen molar-refractivity contribution in [1.29, 1.82) is 0 Å². The lowest BCUT2D eigenvalue weighted by Gasteiger charge is -2.27. The number of carbonyl (C=O) groups excluding carboxylic acids is 1.